The minimum atomic E-state index is -0.0556. The number of amides is 1. The highest BCUT2D eigenvalue weighted by molar-refractivity contribution is 7.10. The number of rotatable bonds is 4. The lowest BCUT2D eigenvalue weighted by atomic mass is 10.00. The lowest BCUT2D eigenvalue weighted by Gasteiger charge is -2.26. The van der Waals surface area contributed by atoms with Gasteiger partial charge in [-0.05, 0) is 24.3 Å². The molecule has 0 spiro atoms. The number of nitrogens with one attached hydrogen (secondary N) is 1. The molecule has 0 bridgehead atoms. The van der Waals surface area contributed by atoms with Crippen molar-refractivity contribution in [3.05, 3.63) is 63.5 Å². The number of H-pyrrole nitrogens is 1. The molecule has 1 amide bonds. The van der Waals surface area contributed by atoms with Crippen LogP contribution in [0.5, 0.6) is 0 Å². The zero-order chi connectivity index (χ0) is 17.6. The molecular formula is C20H21N3OS. The van der Waals surface area contributed by atoms with Crippen molar-refractivity contribution >= 4 is 17.2 Å². The van der Waals surface area contributed by atoms with Gasteiger partial charge in [0.15, 0.2) is 0 Å². The second-order valence-corrected chi connectivity index (χ2v) is 7.98. The molecule has 1 N–H and O–H groups in total. The van der Waals surface area contributed by atoms with Crippen LogP contribution in [-0.4, -0.2) is 27.5 Å². The molecule has 0 radical (unpaired) electrons. The molecule has 4 rings (SSSR count). The maximum Gasteiger partial charge on any atom is 0.273 e. The zero-order valence-corrected chi connectivity index (χ0v) is 15.4. The van der Waals surface area contributed by atoms with Gasteiger partial charge in [0.2, 0.25) is 0 Å². The number of thiophene rings is 1. The molecule has 5 heteroatoms. The number of aromatic amines is 1. The highest BCUT2D eigenvalue weighted by Gasteiger charge is 2.42. The molecule has 3 heterocycles. The third kappa shape index (κ3) is 2.68. The Bertz CT molecular complexity index is 894. The summed E-state index contributed by atoms with van der Waals surface area (Å²) in [6.07, 6.45) is 0. The Morgan fingerprint density at radius 2 is 2.00 bits per heavy atom. The summed E-state index contributed by atoms with van der Waals surface area (Å²) < 4.78 is 0. The molecule has 0 saturated carbocycles. The van der Waals surface area contributed by atoms with Gasteiger partial charge in [0.1, 0.15) is 5.69 Å². The summed E-state index contributed by atoms with van der Waals surface area (Å²) in [6.45, 7) is 7.09. The molecular weight excluding hydrogens is 330 g/mol. The van der Waals surface area contributed by atoms with Gasteiger partial charge in [0.25, 0.3) is 5.91 Å². The number of hydrogen-bond acceptors (Lipinski definition) is 3. The van der Waals surface area contributed by atoms with E-state index in [0.29, 0.717) is 11.6 Å². The van der Waals surface area contributed by atoms with E-state index in [2.05, 4.69) is 66.7 Å². The van der Waals surface area contributed by atoms with Gasteiger partial charge in [0.05, 0.1) is 11.7 Å². The van der Waals surface area contributed by atoms with Gasteiger partial charge >= 0.3 is 0 Å². The van der Waals surface area contributed by atoms with Crippen LogP contribution in [0.2, 0.25) is 0 Å². The lowest BCUT2D eigenvalue weighted by Crippen LogP contribution is -2.32. The minimum absolute atomic E-state index is 0.0490. The number of aromatic nitrogens is 2. The predicted octanol–water partition coefficient (Wildman–Crippen LogP) is 4.65. The van der Waals surface area contributed by atoms with Crippen molar-refractivity contribution in [1.29, 1.82) is 0 Å². The standard InChI is InChI=1S/C20H21N3OS/c1-12(2)11-23-19(15-5-4-10-25-15)16-17(21-22-18(16)20(23)24)14-8-6-13(3)7-9-14/h4-10,12,19H,11H2,1-3H3,(H,21,22). The van der Waals surface area contributed by atoms with Crippen LogP contribution in [0, 0.1) is 12.8 Å². The Kier molecular flexibility index (Phi) is 3.96. The number of aryl methyl sites for hydroxylation is 1. The summed E-state index contributed by atoms with van der Waals surface area (Å²) in [5.41, 5.74) is 4.78. The Balaban J connectivity index is 1.86. The Hall–Kier alpha value is -2.40. The molecule has 4 nitrogen and oxygen atoms in total. The van der Waals surface area contributed by atoms with Crippen molar-refractivity contribution in [2.45, 2.75) is 26.8 Å². The second kappa shape index (κ2) is 6.15. The minimum Gasteiger partial charge on any atom is -0.325 e. The highest BCUT2D eigenvalue weighted by Crippen LogP contribution is 2.44. The molecule has 25 heavy (non-hydrogen) atoms. The molecule has 0 aliphatic carbocycles. The van der Waals surface area contributed by atoms with Crippen LogP contribution in [0.3, 0.4) is 0 Å². The largest absolute Gasteiger partial charge is 0.325 e. The quantitative estimate of drug-likeness (QED) is 0.744. The summed E-state index contributed by atoms with van der Waals surface area (Å²) in [4.78, 5) is 16.2. The van der Waals surface area contributed by atoms with E-state index < -0.39 is 0 Å². The topological polar surface area (TPSA) is 49.0 Å². The summed E-state index contributed by atoms with van der Waals surface area (Å²) >= 11 is 1.69. The number of nitrogens with zero attached hydrogens (tertiary/aromatic N) is 2. The highest BCUT2D eigenvalue weighted by atomic mass is 32.1. The predicted molar refractivity (Wildman–Crippen MR) is 101 cm³/mol. The summed E-state index contributed by atoms with van der Waals surface area (Å²) in [5.74, 6) is 0.458. The van der Waals surface area contributed by atoms with E-state index in [-0.39, 0.29) is 11.9 Å². The van der Waals surface area contributed by atoms with Crippen molar-refractivity contribution in [2.24, 2.45) is 5.92 Å². The van der Waals surface area contributed by atoms with Crippen molar-refractivity contribution in [3.8, 4) is 11.3 Å². The third-order valence-corrected chi connectivity index (χ3v) is 5.49. The van der Waals surface area contributed by atoms with E-state index >= 15 is 0 Å². The molecule has 1 atom stereocenters. The van der Waals surface area contributed by atoms with Gasteiger partial charge in [-0.25, -0.2) is 0 Å². The summed E-state index contributed by atoms with van der Waals surface area (Å²) in [6, 6.07) is 12.4. The van der Waals surface area contributed by atoms with Gasteiger partial charge < -0.3 is 4.90 Å². The average molecular weight is 351 g/mol. The van der Waals surface area contributed by atoms with Crippen molar-refractivity contribution in [2.75, 3.05) is 6.54 Å². The Morgan fingerprint density at radius 3 is 2.64 bits per heavy atom. The van der Waals surface area contributed by atoms with Crippen LogP contribution >= 0.6 is 11.3 Å². The fraction of sp³-hybridized carbons (Fsp3) is 0.300. The monoisotopic (exact) mass is 351 g/mol. The molecule has 128 valence electrons. The molecule has 0 saturated heterocycles. The van der Waals surface area contributed by atoms with Crippen molar-refractivity contribution in [3.63, 3.8) is 0 Å². The van der Waals surface area contributed by atoms with E-state index in [0.717, 1.165) is 23.4 Å². The maximum absolute atomic E-state index is 13.0. The third-order valence-electron chi connectivity index (χ3n) is 4.56. The van der Waals surface area contributed by atoms with Gasteiger partial charge in [-0.2, -0.15) is 5.10 Å². The smallest absolute Gasteiger partial charge is 0.273 e. The molecule has 1 unspecified atom stereocenters. The number of carbonyl (C=O) groups is 1. The van der Waals surface area contributed by atoms with Gasteiger partial charge in [-0.15, -0.1) is 11.3 Å². The van der Waals surface area contributed by atoms with Crippen LogP contribution < -0.4 is 0 Å². The van der Waals surface area contributed by atoms with Crippen molar-refractivity contribution < 1.29 is 4.79 Å². The van der Waals surface area contributed by atoms with Crippen LogP contribution in [0.4, 0.5) is 0 Å². The van der Waals surface area contributed by atoms with Gasteiger partial charge in [0, 0.05) is 22.5 Å². The van der Waals surface area contributed by atoms with Crippen LogP contribution in [0.15, 0.2) is 41.8 Å². The van der Waals surface area contributed by atoms with E-state index in [1.165, 1.54) is 10.4 Å². The molecule has 2 aromatic heterocycles. The normalized spacial score (nSPS) is 16.7. The first-order valence-electron chi connectivity index (χ1n) is 8.56. The van der Waals surface area contributed by atoms with Crippen LogP contribution in [0.25, 0.3) is 11.3 Å². The summed E-state index contributed by atoms with van der Waals surface area (Å²) in [7, 11) is 0. The van der Waals surface area contributed by atoms with E-state index in [1.807, 2.05) is 11.0 Å². The number of benzene rings is 1. The second-order valence-electron chi connectivity index (χ2n) is 7.00. The number of carbonyl (C=O) groups excluding carboxylic acids is 1. The van der Waals surface area contributed by atoms with E-state index in [9.17, 15) is 4.79 Å². The van der Waals surface area contributed by atoms with E-state index in [4.69, 9.17) is 0 Å². The molecule has 1 aromatic carbocycles. The summed E-state index contributed by atoms with van der Waals surface area (Å²) in [5, 5.41) is 9.57. The van der Waals surface area contributed by atoms with Crippen molar-refractivity contribution in [1.82, 2.24) is 15.1 Å². The van der Waals surface area contributed by atoms with E-state index in [1.54, 1.807) is 11.3 Å². The fourth-order valence-electron chi connectivity index (χ4n) is 3.45. The first-order valence-corrected chi connectivity index (χ1v) is 9.44. The first-order chi connectivity index (χ1) is 12.1. The zero-order valence-electron chi connectivity index (χ0n) is 14.6. The molecule has 1 aliphatic rings. The van der Waals surface area contributed by atoms with Gasteiger partial charge in [-0.3, -0.25) is 9.89 Å². The average Bonchev–Trinajstić information content (AvgIpc) is 3.28. The number of hydrogen-bond donors (Lipinski definition) is 1. The SMILES string of the molecule is Cc1ccc(-c2n[nH]c3c2C(c2cccs2)N(CC(C)C)C3=O)cc1. The molecule has 0 fully saturated rings. The lowest BCUT2D eigenvalue weighted by molar-refractivity contribution is 0.0724. The first kappa shape index (κ1) is 16.1. The van der Waals surface area contributed by atoms with Crippen LogP contribution in [-0.2, 0) is 0 Å². The maximum atomic E-state index is 13.0. The van der Waals surface area contributed by atoms with Gasteiger partial charge in [-0.1, -0.05) is 49.7 Å². The molecule has 3 aromatic rings. The van der Waals surface area contributed by atoms with Crippen LogP contribution in [0.1, 0.15) is 46.4 Å². The molecule has 1 aliphatic heterocycles. The Labute approximate surface area is 151 Å². The Morgan fingerprint density at radius 1 is 1.24 bits per heavy atom. The fourth-order valence-corrected chi connectivity index (χ4v) is 4.30. The number of fused-ring (bicyclic) bond motifs is 1.